The Kier molecular flexibility index (Phi) is 5.68. The Bertz CT molecular complexity index is 999. The number of hydrogen-bond donors (Lipinski definition) is 3. The van der Waals surface area contributed by atoms with Crippen LogP contribution in [0.2, 0.25) is 0 Å². The number of carbonyl (C=O) groups excluding carboxylic acids is 2. The topological polar surface area (TPSA) is 87.7 Å². The SMILES string of the molecule is [B]c1ccc(C(=O)NC=O)c(/C(C)=C/NCc2cc(O)c3c(c2)CC(C)(C)O3)c1. The van der Waals surface area contributed by atoms with Gasteiger partial charge in [0.25, 0.3) is 5.91 Å². The van der Waals surface area contributed by atoms with Crippen LogP contribution in [0.15, 0.2) is 36.5 Å². The van der Waals surface area contributed by atoms with Gasteiger partial charge in [-0.1, -0.05) is 17.6 Å². The highest BCUT2D eigenvalue weighted by molar-refractivity contribution is 6.32. The molecule has 0 saturated carbocycles. The van der Waals surface area contributed by atoms with Crippen molar-refractivity contribution in [2.45, 2.75) is 39.3 Å². The molecule has 0 aromatic heterocycles. The molecule has 2 aromatic rings. The number of rotatable bonds is 6. The average Bonchev–Trinajstić information content (AvgIpc) is 2.96. The molecule has 148 valence electrons. The molecule has 0 aliphatic carbocycles. The van der Waals surface area contributed by atoms with Crippen LogP contribution in [0.4, 0.5) is 0 Å². The van der Waals surface area contributed by atoms with Crippen molar-refractivity contribution in [2.75, 3.05) is 0 Å². The van der Waals surface area contributed by atoms with E-state index in [0.717, 1.165) is 23.1 Å². The number of imide groups is 1. The van der Waals surface area contributed by atoms with Gasteiger partial charge in [-0.05, 0) is 55.7 Å². The molecular formula is C22H23BN2O4. The number of benzene rings is 2. The third-order valence-electron chi connectivity index (χ3n) is 4.73. The van der Waals surface area contributed by atoms with Crippen LogP contribution in [0.5, 0.6) is 11.5 Å². The van der Waals surface area contributed by atoms with E-state index in [1.165, 1.54) is 0 Å². The summed E-state index contributed by atoms with van der Waals surface area (Å²) >= 11 is 0. The predicted octanol–water partition coefficient (Wildman–Crippen LogP) is 1.94. The molecule has 2 amide bonds. The molecule has 3 rings (SSSR count). The fraction of sp³-hybridized carbons (Fsp3) is 0.273. The predicted molar refractivity (Wildman–Crippen MR) is 112 cm³/mol. The molecule has 0 atom stereocenters. The van der Waals surface area contributed by atoms with Crippen molar-refractivity contribution in [1.29, 1.82) is 0 Å². The summed E-state index contributed by atoms with van der Waals surface area (Å²) < 4.78 is 5.79. The number of phenols is 1. The standard InChI is InChI=1S/C22H23BN2O4/c1-13(18-8-16(23)4-5-17(18)21(28)25-12-26)10-24-11-14-6-15-9-22(2,3)29-20(15)19(27)7-14/h4-8,10,12,24,27H,9,11H2,1-3H3,(H,25,26,28)/b13-10+. The molecule has 6 nitrogen and oxygen atoms in total. The maximum absolute atomic E-state index is 12.1. The van der Waals surface area contributed by atoms with Crippen molar-refractivity contribution in [3.8, 4) is 11.5 Å². The van der Waals surface area contributed by atoms with Gasteiger partial charge in [0.15, 0.2) is 11.5 Å². The number of carbonyl (C=O) groups is 2. The molecule has 7 heteroatoms. The van der Waals surface area contributed by atoms with Crippen LogP contribution < -0.4 is 20.8 Å². The molecule has 0 unspecified atom stereocenters. The summed E-state index contributed by atoms with van der Waals surface area (Å²) in [7, 11) is 5.86. The van der Waals surface area contributed by atoms with Crippen molar-refractivity contribution in [1.82, 2.24) is 10.6 Å². The minimum atomic E-state index is -0.492. The van der Waals surface area contributed by atoms with Gasteiger partial charge in [-0.3, -0.25) is 14.9 Å². The van der Waals surface area contributed by atoms with Crippen LogP contribution in [-0.2, 0) is 17.8 Å². The molecule has 3 N–H and O–H groups in total. The maximum atomic E-state index is 12.1. The Morgan fingerprint density at radius 2 is 2.03 bits per heavy atom. The number of nitrogens with one attached hydrogen (secondary N) is 2. The van der Waals surface area contributed by atoms with Crippen molar-refractivity contribution >= 4 is 31.2 Å². The lowest BCUT2D eigenvalue weighted by molar-refractivity contribution is -0.108. The van der Waals surface area contributed by atoms with E-state index in [-0.39, 0.29) is 11.4 Å². The Morgan fingerprint density at radius 1 is 1.28 bits per heavy atom. The number of ether oxygens (including phenoxy) is 1. The van der Waals surface area contributed by atoms with E-state index in [2.05, 4.69) is 10.6 Å². The summed E-state index contributed by atoms with van der Waals surface area (Å²) in [6.07, 6.45) is 2.86. The van der Waals surface area contributed by atoms with Gasteiger partial charge in [-0.25, -0.2) is 0 Å². The normalized spacial score (nSPS) is 14.7. The lowest BCUT2D eigenvalue weighted by Crippen LogP contribution is -2.24. The Labute approximate surface area is 171 Å². The number of allylic oxidation sites excluding steroid dienone is 1. The zero-order valence-electron chi connectivity index (χ0n) is 16.7. The number of fused-ring (bicyclic) bond motifs is 1. The van der Waals surface area contributed by atoms with Gasteiger partial charge >= 0.3 is 0 Å². The summed E-state index contributed by atoms with van der Waals surface area (Å²) in [6.45, 7) is 6.30. The third kappa shape index (κ3) is 4.62. The van der Waals surface area contributed by atoms with Gasteiger partial charge in [0.05, 0.1) is 0 Å². The Balaban J connectivity index is 1.77. The second-order valence-electron chi connectivity index (χ2n) is 7.75. The first-order valence-corrected chi connectivity index (χ1v) is 9.28. The molecule has 1 aliphatic rings. The number of aromatic hydroxyl groups is 1. The van der Waals surface area contributed by atoms with E-state index in [1.54, 1.807) is 30.5 Å². The summed E-state index contributed by atoms with van der Waals surface area (Å²) in [5.74, 6) is 0.194. The first kappa shape index (κ1) is 20.5. The second-order valence-corrected chi connectivity index (χ2v) is 7.75. The lowest BCUT2D eigenvalue weighted by Gasteiger charge is -2.17. The summed E-state index contributed by atoms with van der Waals surface area (Å²) in [6, 6.07) is 8.58. The summed E-state index contributed by atoms with van der Waals surface area (Å²) in [5.41, 5.74) is 3.85. The first-order valence-electron chi connectivity index (χ1n) is 9.28. The Morgan fingerprint density at radius 3 is 2.76 bits per heavy atom. The summed E-state index contributed by atoms with van der Waals surface area (Å²) in [5, 5.41) is 15.6. The molecule has 0 saturated heterocycles. The Hall–Kier alpha value is -3.22. The van der Waals surface area contributed by atoms with Gasteiger partial charge in [-0.15, -0.1) is 0 Å². The lowest BCUT2D eigenvalue weighted by atomic mass is 9.89. The van der Waals surface area contributed by atoms with Crippen LogP contribution in [0.25, 0.3) is 5.57 Å². The molecule has 29 heavy (non-hydrogen) atoms. The highest BCUT2D eigenvalue weighted by atomic mass is 16.5. The fourth-order valence-electron chi connectivity index (χ4n) is 3.48. The smallest absolute Gasteiger partial charge is 0.258 e. The molecule has 2 aromatic carbocycles. The van der Waals surface area contributed by atoms with E-state index in [0.29, 0.717) is 35.3 Å². The minimum absolute atomic E-state index is 0.134. The van der Waals surface area contributed by atoms with Gasteiger partial charge in [0, 0.05) is 30.3 Å². The number of phenolic OH excluding ortho intramolecular Hbond substituents is 1. The van der Waals surface area contributed by atoms with Crippen LogP contribution in [0, 0.1) is 0 Å². The van der Waals surface area contributed by atoms with Gasteiger partial charge in [-0.2, -0.15) is 0 Å². The largest absolute Gasteiger partial charge is 0.504 e. The van der Waals surface area contributed by atoms with Crippen molar-refractivity contribution in [3.63, 3.8) is 0 Å². The van der Waals surface area contributed by atoms with Crippen molar-refractivity contribution in [2.24, 2.45) is 0 Å². The van der Waals surface area contributed by atoms with Crippen LogP contribution in [0.3, 0.4) is 0 Å². The molecule has 0 fully saturated rings. The van der Waals surface area contributed by atoms with E-state index in [9.17, 15) is 14.7 Å². The summed E-state index contributed by atoms with van der Waals surface area (Å²) in [4.78, 5) is 22.7. The molecule has 2 radical (unpaired) electrons. The van der Waals surface area contributed by atoms with E-state index in [4.69, 9.17) is 12.6 Å². The molecule has 0 bridgehead atoms. The fourth-order valence-corrected chi connectivity index (χ4v) is 3.48. The van der Waals surface area contributed by atoms with Gasteiger partial charge in [0.1, 0.15) is 13.4 Å². The molecule has 1 heterocycles. The molecule has 0 spiro atoms. The maximum Gasteiger partial charge on any atom is 0.258 e. The van der Waals surface area contributed by atoms with Crippen LogP contribution >= 0.6 is 0 Å². The zero-order valence-corrected chi connectivity index (χ0v) is 16.7. The molecular weight excluding hydrogens is 367 g/mol. The number of amides is 2. The van der Waals surface area contributed by atoms with E-state index >= 15 is 0 Å². The minimum Gasteiger partial charge on any atom is -0.504 e. The first-order chi connectivity index (χ1) is 13.7. The van der Waals surface area contributed by atoms with Gasteiger partial charge in [0.2, 0.25) is 6.41 Å². The van der Waals surface area contributed by atoms with Crippen molar-refractivity contribution < 1.29 is 19.4 Å². The monoisotopic (exact) mass is 390 g/mol. The van der Waals surface area contributed by atoms with Crippen LogP contribution in [-0.4, -0.2) is 30.9 Å². The van der Waals surface area contributed by atoms with Gasteiger partial charge < -0.3 is 15.2 Å². The van der Waals surface area contributed by atoms with Crippen molar-refractivity contribution in [3.05, 3.63) is 58.8 Å². The van der Waals surface area contributed by atoms with E-state index < -0.39 is 5.91 Å². The molecule has 1 aliphatic heterocycles. The average molecular weight is 390 g/mol. The zero-order chi connectivity index (χ0) is 21.2. The highest BCUT2D eigenvalue weighted by Crippen LogP contribution is 2.42. The highest BCUT2D eigenvalue weighted by Gasteiger charge is 2.32. The number of hydrogen-bond acceptors (Lipinski definition) is 5. The van der Waals surface area contributed by atoms with Crippen LogP contribution in [0.1, 0.15) is 47.8 Å². The quantitative estimate of drug-likeness (QED) is 0.518. The second kappa shape index (κ2) is 8.03. The van der Waals surface area contributed by atoms with E-state index in [1.807, 2.05) is 26.8 Å². The third-order valence-corrected chi connectivity index (χ3v) is 4.73.